The van der Waals surface area contributed by atoms with Crippen molar-refractivity contribution < 1.29 is 4.39 Å². The molecule has 1 unspecified atom stereocenters. The molecule has 5 nitrogen and oxygen atoms in total. The summed E-state index contributed by atoms with van der Waals surface area (Å²) in [6.07, 6.45) is 8.16. The highest BCUT2D eigenvalue weighted by Crippen LogP contribution is 2.21. The quantitative estimate of drug-likeness (QED) is 0.576. The fraction of sp³-hybridized carbons (Fsp3) is 0.609. The third-order valence-electron chi connectivity index (χ3n) is 6.26. The number of nitrogens with zero attached hydrogens (tertiary/aromatic N) is 3. The molecule has 0 aliphatic carbocycles. The minimum absolute atomic E-state index is 0.188. The van der Waals surface area contributed by atoms with E-state index in [9.17, 15) is 4.39 Å². The number of guanidine groups is 1. The molecule has 1 atom stereocenters. The van der Waals surface area contributed by atoms with Crippen molar-refractivity contribution in [2.45, 2.75) is 39.0 Å². The number of aliphatic imine (C=N–C) groups is 1. The van der Waals surface area contributed by atoms with Crippen molar-refractivity contribution in [3.8, 4) is 0 Å². The largest absolute Gasteiger partial charge is 0.361 e. The summed E-state index contributed by atoms with van der Waals surface area (Å²) in [5, 5.41) is 4.44. The monoisotopic (exact) mass is 399 g/mol. The van der Waals surface area contributed by atoms with E-state index in [0.29, 0.717) is 6.54 Å². The van der Waals surface area contributed by atoms with Crippen molar-refractivity contribution in [3.63, 3.8) is 0 Å². The molecule has 29 heavy (non-hydrogen) atoms. The van der Waals surface area contributed by atoms with Gasteiger partial charge in [-0.25, -0.2) is 4.39 Å². The second-order valence-corrected chi connectivity index (χ2v) is 8.45. The number of aromatic amines is 1. The lowest BCUT2D eigenvalue weighted by Crippen LogP contribution is -2.41. The first-order valence-corrected chi connectivity index (χ1v) is 11.2. The van der Waals surface area contributed by atoms with Gasteiger partial charge in [0.05, 0.1) is 0 Å². The summed E-state index contributed by atoms with van der Waals surface area (Å²) in [7, 11) is 0. The van der Waals surface area contributed by atoms with E-state index in [4.69, 9.17) is 4.99 Å². The first-order valence-electron chi connectivity index (χ1n) is 11.2. The number of benzene rings is 1. The van der Waals surface area contributed by atoms with Crippen molar-refractivity contribution in [2.24, 2.45) is 10.9 Å². The normalized spacial score (nSPS) is 21.2. The standard InChI is InChI=1S/C23H34FN5/c1-2-25-23(29-13-9-18(17-29)16-28-11-4-3-5-12-28)26-10-8-19-15-27-22-7-6-20(24)14-21(19)22/h6-7,14-15,18,27H,2-5,8-13,16-17H2,1H3,(H,25,26). The molecule has 6 heteroatoms. The zero-order valence-electron chi connectivity index (χ0n) is 17.6. The molecule has 2 saturated heterocycles. The zero-order chi connectivity index (χ0) is 20.1. The molecule has 0 bridgehead atoms. The first-order chi connectivity index (χ1) is 14.2. The summed E-state index contributed by atoms with van der Waals surface area (Å²) in [6.45, 7) is 9.68. The number of nitrogens with one attached hydrogen (secondary N) is 2. The summed E-state index contributed by atoms with van der Waals surface area (Å²) in [4.78, 5) is 13.2. The van der Waals surface area contributed by atoms with Crippen LogP contribution in [0.3, 0.4) is 0 Å². The molecular weight excluding hydrogens is 365 g/mol. The van der Waals surface area contributed by atoms with E-state index >= 15 is 0 Å². The minimum Gasteiger partial charge on any atom is -0.361 e. The van der Waals surface area contributed by atoms with Crippen LogP contribution in [0.1, 0.15) is 38.2 Å². The predicted octanol–water partition coefficient (Wildman–Crippen LogP) is 3.62. The maximum atomic E-state index is 13.6. The highest BCUT2D eigenvalue weighted by molar-refractivity contribution is 5.83. The molecule has 0 radical (unpaired) electrons. The molecular formula is C23H34FN5. The lowest BCUT2D eigenvalue weighted by atomic mass is 10.1. The molecule has 2 aliphatic rings. The van der Waals surface area contributed by atoms with E-state index in [2.05, 4.69) is 27.0 Å². The van der Waals surface area contributed by atoms with Crippen LogP contribution in [0, 0.1) is 11.7 Å². The van der Waals surface area contributed by atoms with E-state index in [1.54, 1.807) is 12.1 Å². The lowest BCUT2D eigenvalue weighted by Gasteiger charge is -2.29. The van der Waals surface area contributed by atoms with Crippen LogP contribution in [-0.4, -0.2) is 66.6 Å². The van der Waals surface area contributed by atoms with E-state index in [-0.39, 0.29) is 5.82 Å². The van der Waals surface area contributed by atoms with Crippen LogP contribution in [-0.2, 0) is 6.42 Å². The van der Waals surface area contributed by atoms with Crippen LogP contribution < -0.4 is 5.32 Å². The van der Waals surface area contributed by atoms with Crippen molar-refractivity contribution in [2.75, 3.05) is 45.8 Å². The maximum absolute atomic E-state index is 13.6. The number of aromatic nitrogens is 1. The Kier molecular flexibility index (Phi) is 6.70. The molecule has 1 aromatic heterocycles. The number of likely N-dealkylation sites (tertiary alicyclic amines) is 2. The van der Waals surface area contributed by atoms with Crippen LogP contribution >= 0.6 is 0 Å². The Morgan fingerprint density at radius 3 is 2.93 bits per heavy atom. The Hall–Kier alpha value is -2.08. The number of H-pyrrole nitrogens is 1. The number of hydrogen-bond donors (Lipinski definition) is 2. The number of fused-ring (bicyclic) bond motifs is 1. The van der Waals surface area contributed by atoms with Crippen molar-refractivity contribution in [1.82, 2.24) is 20.1 Å². The van der Waals surface area contributed by atoms with Crippen LogP contribution in [0.2, 0.25) is 0 Å². The van der Waals surface area contributed by atoms with Gasteiger partial charge < -0.3 is 20.1 Å². The van der Waals surface area contributed by atoms with Crippen molar-refractivity contribution in [3.05, 3.63) is 35.8 Å². The SMILES string of the molecule is CCNC(=NCCc1c[nH]c2ccc(F)cc12)N1CCC(CN2CCCCC2)C1. The molecule has 3 heterocycles. The van der Waals surface area contributed by atoms with Gasteiger partial charge in [0, 0.05) is 49.8 Å². The fourth-order valence-corrected chi connectivity index (χ4v) is 4.75. The number of rotatable bonds is 6. The van der Waals surface area contributed by atoms with Crippen LogP contribution in [0.15, 0.2) is 29.4 Å². The van der Waals surface area contributed by atoms with Gasteiger partial charge in [0.2, 0.25) is 0 Å². The zero-order valence-corrected chi connectivity index (χ0v) is 17.6. The minimum atomic E-state index is -0.188. The Morgan fingerprint density at radius 1 is 1.24 bits per heavy atom. The Labute approximate surface area is 173 Å². The van der Waals surface area contributed by atoms with E-state index in [1.165, 1.54) is 51.4 Å². The van der Waals surface area contributed by atoms with Gasteiger partial charge in [0.15, 0.2) is 5.96 Å². The molecule has 158 valence electrons. The second kappa shape index (κ2) is 9.61. The maximum Gasteiger partial charge on any atom is 0.193 e. The highest BCUT2D eigenvalue weighted by Gasteiger charge is 2.26. The Morgan fingerprint density at radius 2 is 2.10 bits per heavy atom. The van der Waals surface area contributed by atoms with Gasteiger partial charge in [-0.1, -0.05) is 6.42 Å². The molecule has 0 amide bonds. The Bertz CT molecular complexity index is 824. The first kappa shape index (κ1) is 20.2. The van der Waals surface area contributed by atoms with E-state index in [0.717, 1.165) is 54.4 Å². The summed E-state index contributed by atoms with van der Waals surface area (Å²) in [5.41, 5.74) is 2.11. The van der Waals surface area contributed by atoms with Crippen molar-refractivity contribution >= 4 is 16.9 Å². The summed E-state index contributed by atoms with van der Waals surface area (Å²) in [5.74, 6) is 1.58. The number of hydrogen-bond acceptors (Lipinski definition) is 2. The lowest BCUT2D eigenvalue weighted by molar-refractivity contribution is 0.198. The molecule has 2 aromatic rings. The third-order valence-corrected chi connectivity index (χ3v) is 6.26. The predicted molar refractivity (Wildman–Crippen MR) is 118 cm³/mol. The molecule has 4 rings (SSSR count). The summed E-state index contributed by atoms with van der Waals surface area (Å²) >= 11 is 0. The summed E-state index contributed by atoms with van der Waals surface area (Å²) < 4.78 is 13.6. The van der Waals surface area contributed by atoms with Gasteiger partial charge >= 0.3 is 0 Å². The van der Waals surface area contributed by atoms with Crippen LogP contribution in [0.5, 0.6) is 0 Å². The second-order valence-electron chi connectivity index (χ2n) is 8.45. The third kappa shape index (κ3) is 5.10. The average molecular weight is 400 g/mol. The molecule has 0 saturated carbocycles. The molecule has 2 N–H and O–H groups in total. The molecule has 1 aromatic carbocycles. The van der Waals surface area contributed by atoms with Gasteiger partial charge in [0.1, 0.15) is 5.82 Å². The highest BCUT2D eigenvalue weighted by atomic mass is 19.1. The smallest absolute Gasteiger partial charge is 0.193 e. The van der Waals surface area contributed by atoms with Gasteiger partial charge in [-0.05, 0) is 75.4 Å². The van der Waals surface area contributed by atoms with Crippen LogP contribution in [0.4, 0.5) is 4.39 Å². The summed E-state index contributed by atoms with van der Waals surface area (Å²) in [6, 6.07) is 4.91. The number of piperidine rings is 1. The molecule has 0 spiro atoms. The van der Waals surface area contributed by atoms with Crippen LogP contribution in [0.25, 0.3) is 10.9 Å². The number of halogens is 1. The molecule has 2 aliphatic heterocycles. The fourth-order valence-electron chi connectivity index (χ4n) is 4.75. The van der Waals surface area contributed by atoms with E-state index in [1.807, 2.05) is 6.20 Å². The van der Waals surface area contributed by atoms with Gasteiger partial charge in [-0.15, -0.1) is 0 Å². The molecule has 2 fully saturated rings. The van der Waals surface area contributed by atoms with Gasteiger partial charge in [-0.2, -0.15) is 0 Å². The van der Waals surface area contributed by atoms with Gasteiger partial charge in [0.25, 0.3) is 0 Å². The average Bonchev–Trinajstić information content (AvgIpc) is 3.35. The Balaban J connectivity index is 1.34. The van der Waals surface area contributed by atoms with Crippen molar-refractivity contribution in [1.29, 1.82) is 0 Å². The topological polar surface area (TPSA) is 46.7 Å². The van der Waals surface area contributed by atoms with Gasteiger partial charge in [-0.3, -0.25) is 4.99 Å². The van der Waals surface area contributed by atoms with E-state index < -0.39 is 0 Å².